The van der Waals surface area contributed by atoms with Crippen molar-refractivity contribution in [2.24, 2.45) is 17.1 Å². The molecule has 1 aromatic carbocycles. The number of benzene rings is 1. The smallest absolute Gasteiger partial charge is 0.125 e. The molecule has 1 fully saturated rings. The van der Waals surface area contributed by atoms with Gasteiger partial charge in [-0.2, -0.15) is 0 Å². The first-order valence-corrected chi connectivity index (χ1v) is 7.73. The van der Waals surface area contributed by atoms with Crippen LogP contribution in [0.15, 0.2) is 16.6 Å². The minimum atomic E-state index is -0.166. The molecule has 1 saturated carbocycles. The predicted molar refractivity (Wildman–Crippen MR) is 78.3 cm³/mol. The summed E-state index contributed by atoms with van der Waals surface area (Å²) in [5.41, 5.74) is 8.27. The van der Waals surface area contributed by atoms with Gasteiger partial charge >= 0.3 is 0 Å². The molecule has 1 aliphatic carbocycles. The Kier molecular flexibility index (Phi) is 3.58. The molecule has 3 N–H and O–H groups in total. The summed E-state index contributed by atoms with van der Waals surface area (Å²) in [6.07, 6.45) is 4.16. The highest BCUT2D eigenvalue weighted by molar-refractivity contribution is 9.10. The van der Waals surface area contributed by atoms with E-state index in [0.29, 0.717) is 12.5 Å². The molecule has 19 heavy (non-hydrogen) atoms. The maximum Gasteiger partial charge on any atom is 0.125 e. The molecular weight excluding hydrogens is 306 g/mol. The van der Waals surface area contributed by atoms with Crippen LogP contribution in [0.3, 0.4) is 0 Å². The van der Waals surface area contributed by atoms with Crippen molar-refractivity contribution in [2.45, 2.75) is 25.7 Å². The highest BCUT2D eigenvalue weighted by Crippen LogP contribution is 2.48. The average molecular weight is 326 g/mol. The third-order valence-electron chi connectivity index (χ3n) is 4.53. The Bertz CT molecular complexity index is 481. The molecule has 3 rings (SSSR count). The van der Waals surface area contributed by atoms with Gasteiger partial charge in [-0.15, -0.1) is 0 Å². The van der Waals surface area contributed by atoms with Crippen molar-refractivity contribution >= 4 is 15.9 Å². The molecule has 3 nitrogen and oxygen atoms in total. The van der Waals surface area contributed by atoms with E-state index in [0.717, 1.165) is 29.7 Å². The van der Waals surface area contributed by atoms with E-state index < -0.39 is 0 Å². The summed E-state index contributed by atoms with van der Waals surface area (Å²) >= 11 is 3.57. The molecule has 1 aliphatic heterocycles. The zero-order valence-electron chi connectivity index (χ0n) is 11.0. The minimum absolute atomic E-state index is 0.162. The fraction of sp³-hybridized carbons (Fsp3) is 0.600. The number of ether oxygens (including phenoxy) is 1. The van der Waals surface area contributed by atoms with Crippen LogP contribution in [0.5, 0.6) is 5.75 Å². The number of fused-ring (bicyclic) bond motifs is 1. The van der Waals surface area contributed by atoms with Gasteiger partial charge in [0.05, 0.1) is 13.2 Å². The standard InChI is InChI=1S/C15H20BrNO2/c16-13-5-10-3-4-19-14(10)11(6-13)7-15(8-17,9-18)12-1-2-12/h5-6,12,18H,1-4,7-9,17H2. The molecule has 0 saturated heterocycles. The Labute approximate surface area is 122 Å². The van der Waals surface area contributed by atoms with E-state index in [1.54, 1.807) is 0 Å². The molecular formula is C15H20BrNO2. The van der Waals surface area contributed by atoms with Crippen molar-refractivity contribution in [3.63, 3.8) is 0 Å². The molecule has 2 aliphatic rings. The van der Waals surface area contributed by atoms with Gasteiger partial charge in [-0.25, -0.2) is 0 Å². The lowest BCUT2D eigenvalue weighted by molar-refractivity contribution is 0.108. The largest absolute Gasteiger partial charge is 0.493 e. The fourth-order valence-electron chi connectivity index (χ4n) is 3.19. The molecule has 1 unspecified atom stereocenters. The SMILES string of the molecule is NCC(CO)(Cc1cc(Br)cc2c1OCC2)C1CC1. The van der Waals surface area contributed by atoms with Crippen molar-refractivity contribution in [2.75, 3.05) is 19.8 Å². The van der Waals surface area contributed by atoms with Crippen LogP contribution in [-0.2, 0) is 12.8 Å². The number of aliphatic hydroxyl groups excluding tert-OH is 1. The summed E-state index contributed by atoms with van der Waals surface area (Å²) in [6.45, 7) is 1.46. The second kappa shape index (κ2) is 5.08. The average Bonchev–Trinajstić information content (AvgIpc) is 3.15. The van der Waals surface area contributed by atoms with Gasteiger partial charge in [0.25, 0.3) is 0 Å². The zero-order valence-corrected chi connectivity index (χ0v) is 12.6. The van der Waals surface area contributed by atoms with E-state index in [2.05, 4.69) is 28.1 Å². The summed E-state index contributed by atoms with van der Waals surface area (Å²) in [4.78, 5) is 0. The van der Waals surface area contributed by atoms with E-state index in [-0.39, 0.29) is 12.0 Å². The van der Waals surface area contributed by atoms with Crippen molar-refractivity contribution in [1.29, 1.82) is 0 Å². The summed E-state index contributed by atoms with van der Waals surface area (Å²) in [5.74, 6) is 1.59. The van der Waals surface area contributed by atoms with Crippen LogP contribution in [0.1, 0.15) is 24.0 Å². The summed E-state index contributed by atoms with van der Waals surface area (Å²) in [5, 5.41) is 9.83. The van der Waals surface area contributed by atoms with Crippen LogP contribution in [0.2, 0.25) is 0 Å². The van der Waals surface area contributed by atoms with Crippen LogP contribution in [0, 0.1) is 11.3 Å². The van der Waals surface area contributed by atoms with Crippen molar-refractivity contribution in [1.82, 2.24) is 0 Å². The van der Waals surface area contributed by atoms with Crippen LogP contribution in [0.25, 0.3) is 0 Å². The predicted octanol–water partition coefficient (Wildman–Crippen LogP) is 2.27. The Morgan fingerprint density at radius 1 is 1.42 bits per heavy atom. The maximum absolute atomic E-state index is 9.83. The maximum atomic E-state index is 9.83. The lowest BCUT2D eigenvalue weighted by atomic mass is 9.77. The number of hydrogen-bond donors (Lipinski definition) is 2. The number of halogens is 1. The van der Waals surface area contributed by atoms with Crippen LogP contribution < -0.4 is 10.5 Å². The van der Waals surface area contributed by atoms with Crippen molar-refractivity contribution in [3.05, 3.63) is 27.7 Å². The second-order valence-electron chi connectivity index (χ2n) is 5.83. The lowest BCUT2D eigenvalue weighted by Crippen LogP contribution is -2.38. The molecule has 0 bridgehead atoms. The van der Waals surface area contributed by atoms with Crippen LogP contribution >= 0.6 is 15.9 Å². The van der Waals surface area contributed by atoms with E-state index in [1.807, 2.05) is 0 Å². The van der Waals surface area contributed by atoms with Gasteiger partial charge in [0.15, 0.2) is 0 Å². The topological polar surface area (TPSA) is 55.5 Å². The molecule has 0 amide bonds. The van der Waals surface area contributed by atoms with Gasteiger partial charge in [-0.1, -0.05) is 15.9 Å². The van der Waals surface area contributed by atoms with Crippen molar-refractivity contribution < 1.29 is 9.84 Å². The van der Waals surface area contributed by atoms with Gasteiger partial charge in [0.2, 0.25) is 0 Å². The van der Waals surface area contributed by atoms with E-state index in [1.165, 1.54) is 24.0 Å². The van der Waals surface area contributed by atoms with Gasteiger partial charge in [-0.3, -0.25) is 0 Å². The highest BCUT2D eigenvalue weighted by Gasteiger charge is 2.44. The molecule has 0 radical (unpaired) electrons. The Morgan fingerprint density at radius 3 is 2.84 bits per heavy atom. The van der Waals surface area contributed by atoms with Gasteiger partial charge in [0, 0.05) is 22.9 Å². The number of hydrogen-bond acceptors (Lipinski definition) is 3. The van der Waals surface area contributed by atoms with Crippen LogP contribution in [-0.4, -0.2) is 24.9 Å². The Balaban J connectivity index is 1.94. The lowest BCUT2D eigenvalue weighted by Gasteiger charge is -2.31. The van der Waals surface area contributed by atoms with E-state index in [9.17, 15) is 5.11 Å². The molecule has 1 atom stereocenters. The molecule has 1 aromatic rings. The molecule has 4 heteroatoms. The van der Waals surface area contributed by atoms with Gasteiger partial charge < -0.3 is 15.6 Å². The monoisotopic (exact) mass is 325 g/mol. The summed E-state index contributed by atoms with van der Waals surface area (Å²) < 4.78 is 6.87. The first-order valence-electron chi connectivity index (χ1n) is 6.93. The molecule has 0 aromatic heterocycles. The number of nitrogens with two attached hydrogens (primary N) is 1. The quantitative estimate of drug-likeness (QED) is 0.873. The molecule has 0 spiro atoms. The number of rotatable bonds is 5. The summed E-state index contributed by atoms with van der Waals surface area (Å²) in [6, 6.07) is 4.25. The fourth-order valence-corrected chi connectivity index (χ4v) is 3.74. The normalized spacial score (nSPS) is 20.8. The Morgan fingerprint density at radius 2 is 2.21 bits per heavy atom. The molecule has 1 heterocycles. The van der Waals surface area contributed by atoms with Crippen LogP contribution in [0.4, 0.5) is 0 Å². The first-order chi connectivity index (χ1) is 9.18. The minimum Gasteiger partial charge on any atom is -0.493 e. The number of aliphatic hydroxyl groups is 1. The summed E-state index contributed by atoms with van der Waals surface area (Å²) in [7, 11) is 0. The highest BCUT2D eigenvalue weighted by atomic mass is 79.9. The Hall–Kier alpha value is -0.580. The zero-order chi connectivity index (χ0) is 13.5. The molecule has 104 valence electrons. The third-order valence-corrected chi connectivity index (χ3v) is 4.99. The second-order valence-corrected chi connectivity index (χ2v) is 6.74. The van der Waals surface area contributed by atoms with Gasteiger partial charge in [0.1, 0.15) is 5.75 Å². The third kappa shape index (κ3) is 2.41. The van der Waals surface area contributed by atoms with Crippen molar-refractivity contribution in [3.8, 4) is 5.75 Å². The van der Waals surface area contributed by atoms with E-state index in [4.69, 9.17) is 10.5 Å². The van der Waals surface area contributed by atoms with E-state index >= 15 is 0 Å². The van der Waals surface area contributed by atoms with Gasteiger partial charge in [-0.05, 0) is 48.4 Å². The first kappa shape index (κ1) is 13.4.